The van der Waals surface area contributed by atoms with Crippen molar-refractivity contribution in [1.29, 1.82) is 0 Å². The van der Waals surface area contributed by atoms with Gasteiger partial charge in [0.05, 0.1) is 0 Å². The number of rotatable bonds is 7. The zero-order chi connectivity index (χ0) is 35.8. The summed E-state index contributed by atoms with van der Waals surface area (Å²) in [6, 6.07) is 66.7. The molecule has 0 saturated carbocycles. The van der Waals surface area contributed by atoms with E-state index in [-0.39, 0.29) is 0 Å². The lowest BCUT2D eigenvalue weighted by Crippen LogP contribution is -2.74. The van der Waals surface area contributed by atoms with Crippen molar-refractivity contribution < 1.29 is 4.74 Å². The molecular formula is C48H37N3OSi. The summed E-state index contributed by atoms with van der Waals surface area (Å²) in [6.07, 6.45) is 0. The highest BCUT2D eigenvalue weighted by molar-refractivity contribution is 7.19. The molecule has 0 unspecified atom stereocenters. The number of hydrogen-bond acceptors (Lipinski definition) is 4. The van der Waals surface area contributed by atoms with E-state index >= 15 is 0 Å². The topological polar surface area (TPSA) is 47.9 Å². The summed E-state index contributed by atoms with van der Waals surface area (Å²) in [5, 5.41) is 5.29. The maximum atomic E-state index is 6.62. The predicted octanol–water partition coefficient (Wildman–Crippen LogP) is 8.54. The third kappa shape index (κ3) is 5.76. The second kappa shape index (κ2) is 13.3. The molecule has 0 spiro atoms. The number of fused-ring (bicyclic) bond motifs is 3. The maximum Gasteiger partial charge on any atom is 0.179 e. The number of aromatic nitrogens is 3. The second-order valence-corrected chi connectivity index (χ2v) is 17.8. The van der Waals surface area contributed by atoms with Crippen LogP contribution in [0.25, 0.3) is 45.3 Å². The Labute approximate surface area is 311 Å². The van der Waals surface area contributed by atoms with E-state index < -0.39 is 13.7 Å². The second-order valence-electron chi connectivity index (χ2n) is 14.0. The Bertz CT molecular complexity index is 2440. The van der Waals surface area contributed by atoms with Gasteiger partial charge in [-0.1, -0.05) is 176 Å². The van der Waals surface area contributed by atoms with Crippen LogP contribution in [-0.2, 0) is 5.60 Å². The molecular weight excluding hydrogens is 663 g/mol. The van der Waals surface area contributed by atoms with Crippen molar-refractivity contribution in [2.75, 3.05) is 0 Å². The molecule has 9 rings (SSSR count). The SMILES string of the molecule is CC1(C)Oc2cc(-c3nc(-c4ccccc4)nc(-c4ccc([Si](c5ccccc5)(c5ccccc5)c5ccccc5)cc4)n3)ccc2-c2ccccc21. The van der Waals surface area contributed by atoms with Gasteiger partial charge >= 0.3 is 0 Å². The molecule has 1 aromatic heterocycles. The molecule has 0 amide bonds. The van der Waals surface area contributed by atoms with E-state index in [1.807, 2.05) is 30.3 Å². The molecule has 0 saturated heterocycles. The van der Waals surface area contributed by atoms with Gasteiger partial charge in [-0.2, -0.15) is 0 Å². The van der Waals surface area contributed by atoms with E-state index in [2.05, 4.69) is 172 Å². The normalized spacial score (nSPS) is 13.0. The number of benzene rings is 7. The minimum absolute atomic E-state index is 0.471. The summed E-state index contributed by atoms with van der Waals surface area (Å²) in [7, 11) is -2.67. The fourth-order valence-electron chi connectivity index (χ4n) is 7.83. The van der Waals surface area contributed by atoms with Crippen LogP contribution in [0.4, 0.5) is 0 Å². The van der Waals surface area contributed by atoms with Crippen LogP contribution in [0.1, 0.15) is 19.4 Å². The molecule has 1 aliphatic rings. The number of nitrogens with zero attached hydrogens (tertiary/aromatic N) is 3. The van der Waals surface area contributed by atoms with Crippen molar-refractivity contribution in [3.8, 4) is 51.0 Å². The quantitative estimate of drug-likeness (QED) is 0.124. The lowest BCUT2D eigenvalue weighted by Gasteiger charge is -2.35. The van der Waals surface area contributed by atoms with Crippen LogP contribution in [0.5, 0.6) is 5.75 Å². The first-order valence-electron chi connectivity index (χ1n) is 18.0. The fourth-order valence-corrected chi connectivity index (χ4v) is 12.6. The summed E-state index contributed by atoms with van der Waals surface area (Å²) in [6.45, 7) is 4.23. The van der Waals surface area contributed by atoms with Gasteiger partial charge in [-0.3, -0.25) is 0 Å². The summed E-state index contributed by atoms with van der Waals surface area (Å²) in [4.78, 5) is 15.2. The molecule has 0 aliphatic carbocycles. The average Bonchev–Trinajstić information content (AvgIpc) is 3.22. The molecule has 1 aliphatic heterocycles. The first kappa shape index (κ1) is 32.5. The molecule has 7 aromatic carbocycles. The molecule has 0 radical (unpaired) electrons. The molecule has 0 N–H and O–H groups in total. The fraction of sp³-hybridized carbons (Fsp3) is 0.0625. The molecule has 8 aromatic rings. The Morgan fingerprint density at radius 1 is 0.396 bits per heavy atom. The summed E-state index contributed by atoms with van der Waals surface area (Å²) < 4.78 is 6.62. The molecule has 0 fully saturated rings. The van der Waals surface area contributed by atoms with E-state index in [1.54, 1.807) is 0 Å². The van der Waals surface area contributed by atoms with Crippen LogP contribution in [0.3, 0.4) is 0 Å². The first-order valence-corrected chi connectivity index (χ1v) is 20.0. The number of hydrogen-bond donors (Lipinski definition) is 0. The molecule has 0 bridgehead atoms. The van der Waals surface area contributed by atoms with Crippen LogP contribution >= 0.6 is 0 Å². The minimum atomic E-state index is -2.67. The van der Waals surface area contributed by atoms with E-state index in [0.717, 1.165) is 28.0 Å². The molecule has 5 heteroatoms. The van der Waals surface area contributed by atoms with Gasteiger partial charge in [0.2, 0.25) is 0 Å². The van der Waals surface area contributed by atoms with Gasteiger partial charge in [-0.05, 0) is 52.3 Å². The monoisotopic (exact) mass is 699 g/mol. The van der Waals surface area contributed by atoms with Crippen molar-refractivity contribution in [3.63, 3.8) is 0 Å². The van der Waals surface area contributed by atoms with Gasteiger partial charge in [-0.15, -0.1) is 0 Å². The highest BCUT2D eigenvalue weighted by Gasteiger charge is 2.41. The van der Waals surface area contributed by atoms with Crippen LogP contribution in [0, 0.1) is 0 Å². The van der Waals surface area contributed by atoms with Crippen LogP contribution in [-0.4, -0.2) is 23.0 Å². The van der Waals surface area contributed by atoms with Crippen molar-refractivity contribution >= 4 is 28.8 Å². The number of ether oxygens (including phenoxy) is 1. The van der Waals surface area contributed by atoms with Crippen LogP contribution in [0.15, 0.2) is 188 Å². The Kier molecular flexibility index (Phi) is 8.13. The smallest absolute Gasteiger partial charge is 0.179 e. The summed E-state index contributed by atoms with van der Waals surface area (Å²) in [5.41, 5.74) is 5.70. The van der Waals surface area contributed by atoms with Gasteiger partial charge in [0.15, 0.2) is 25.5 Å². The van der Waals surface area contributed by atoms with Crippen molar-refractivity contribution in [1.82, 2.24) is 15.0 Å². The molecule has 53 heavy (non-hydrogen) atoms. The highest BCUT2D eigenvalue weighted by atomic mass is 28.3. The van der Waals surface area contributed by atoms with Gasteiger partial charge in [0.1, 0.15) is 11.4 Å². The third-order valence-electron chi connectivity index (χ3n) is 10.3. The van der Waals surface area contributed by atoms with Gasteiger partial charge in [-0.25, -0.2) is 15.0 Å². The lowest BCUT2D eigenvalue weighted by atomic mass is 9.86. The zero-order valence-corrected chi connectivity index (χ0v) is 30.6. The predicted molar refractivity (Wildman–Crippen MR) is 219 cm³/mol. The molecule has 254 valence electrons. The van der Waals surface area contributed by atoms with Crippen LogP contribution < -0.4 is 25.5 Å². The molecule has 4 nitrogen and oxygen atoms in total. The van der Waals surface area contributed by atoms with Crippen LogP contribution in [0.2, 0.25) is 0 Å². The summed E-state index contributed by atoms with van der Waals surface area (Å²) >= 11 is 0. The van der Waals surface area contributed by atoms with E-state index in [1.165, 1.54) is 31.9 Å². The molecule has 2 heterocycles. The Morgan fingerprint density at radius 2 is 0.811 bits per heavy atom. The lowest BCUT2D eigenvalue weighted by molar-refractivity contribution is 0.106. The Balaban J connectivity index is 1.19. The highest BCUT2D eigenvalue weighted by Crippen LogP contribution is 2.46. The first-order chi connectivity index (χ1) is 26.0. The Hall–Kier alpha value is -6.43. The van der Waals surface area contributed by atoms with Gasteiger partial charge < -0.3 is 4.74 Å². The van der Waals surface area contributed by atoms with E-state index in [9.17, 15) is 0 Å². The molecule has 0 atom stereocenters. The summed E-state index contributed by atoms with van der Waals surface area (Å²) in [5.74, 6) is 2.67. The zero-order valence-electron chi connectivity index (χ0n) is 29.6. The maximum absolute atomic E-state index is 6.62. The standard InChI is InChI=1S/C48H37N3OSi/c1-48(2)43-26-16-15-25-41(43)42-32-29-36(33-44(42)52-48)47-50-45(34-17-7-3-8-18-34)49-46(51-47)35-27-30-40(31-28-35)53(37-19-9-4-10-20-37,38-21-11-5-12-22-38)39-23-13-6-14-24-39/h3-33H,1-2H3. The van der Waals surface area contributed by atoms with Crippen molar-refractivity contribution in [2.45, 2.75) is 19.4 Å². The van der Waals surface area contributed by atoms with E-state index in [4.69, 9.17) is 19.7 Å². The van der Waals surface area contributed by atoms with Gasteiger partial charge in [0, 0.05) is 27.8 Å². The van der Waals surface area contributed by atoms with Crippen molar-refractivity contribution in [2.24, 2.45) is 0 Å². The van der Waals surface area contributed by atoms with Crippen molar-refractivity contribution in [3.05, 3.63) is 194 Å². The minimum Gasteiger partial charge on any atom is -0.482 e. The third-order valence-corrected chi connectivity index (χ3v) is 15.1. The Morgan fingerprint density at radius 3 is 1.36 bits per heavy atom. The van der Waals surface area contributed by atoms with E-state index in [0.29, 0.717) is 17.5 Å². The average molecular weight is 700 g/mol. The van der Waals surface area contributed by atoms with Gasteiger partial charge in [0.25, 0.3) is 0 Å². The largest absolute Gasteiger partial charge is 0.482 e.